The second kappa shape index (κ2) is 3.33. The average Bonchev–Trinajstić information content (AvgIpc) is 2.73. The summed E-state index contributed by atoms with van der Waals surface area (Å²) in [5.74, 6) is -0.0924. The molecule has 7 heteroatoms. The smallest absolute Gasteiger partial charge is 0.235 e. The second-order valence-corrected chi connectivity index (χ2v) is 3.38. The predicted octanol–water partition coefficient (Wildman–Crippen LogP) is 0.797. The van der Waals surface area contributed by atoms with E-state index in [9.17, 15) is 4.79 Å². The van der Waals surface area contributed by atoms with Gasteiger partial charge in [0.25, 0.3) is 0 Å². The third kappa shape index (κ3) is 1.46. The molecule has 0 amide bonds. The number of hydrogen-bond donors (Lipinski definition) is 0. The fourth-order valence-corrected chi connectivity index (χ4v) is 1.32. The van der Waals surface area contributed by atoms with E-state index in [2.05, 4.69) is 31.5 Å². The minimum Gasteiger partial charge on any atom is -0.457 e. The summed E-state index contributed by atoms with van der Waals surface area (Å²) in [5.41, 5.74) is 0.412. The van der Waals surface area contributed by atoms with Gasteiger partial charge in [0.05, 0.1) is 5.56 Å². The summed E-state index contributed by atoms with van der Waals surface area (Å²) >= 11 is 3.10. The number of carbonyl (C=O) groups excluding carboxylic acids is 1. The van der Waals surface area contributed by atoms with Crippen molar-refractivity contribution in [2.75, 3.05) is 0 Å². The molecular weight excluding hydrogens is 252 g/mol. The van der Waals surface area contributed by atoms with Crippen molar-refractivity contribution in [3.63, 3.8) is 0 Å². The van der Waals surface area contributed by atoms with Crippen molar-refractivity contribution in [1.29, 1.82) is 0 Å². The summed E-state index contributed by atoms with van der Waals surface area (Å²) in [6.45, 7) is 0. The third-order valence-electron chi connectivity index (χ3n) is 1.65. The van der Waals surface area contributed by atoms with Crippen LogP contribution in [0, 0.1) is 0 Å². The van der Waals surface area contributed by atoms with Crippen molar-refractivity contribution in [3.05, 3.63) is 28.4 Å². The number of nitrogens with zero attached hydrogens (tertiary/aromatic N) is 4. The van der Waals surface area contributed by atoms with Gasteiger partial charge in [-0.1, -0.05) is 0 Å². The first-order valence-electron chi connectivity index (χ1n) is 3.69. The summed E-state index contributed by atoms with van der Waals surface area (Å²) in [6.07, 6.45) is 1.35. The first-order chi connectivity index (χ1) is 6.68. The molecule has 2 heterocycles. The maximum atomic E-state index is 11.7. The highest BCUT2D eigenvalue weighted by Crippen LogP contribution is 2.16. The van der Waals surface area contributed by atoms with Crippen molar-refractivity contribution in [2.24, 2.45) is 7.05 Å². The van der Waals surface area contributed by atoms with Crippen molar-refractivity contribution in [1.82, 2.24) is 20.2 Å². The SMILES string of the molecule is Cn1nnnc1C(=O)c1coc(Br)c1. The van der Waals surface area contributed by atoms with E-state index in [0.29, 0.717) is 10.2 Å². The van der Waals surface area contributed by atoms with Gasteiger partial charge in [-0.05, 0) is 26.4 Å². The molecule has 2 rings (SSSR count). The summed E-state index contributed by atoms with van der Waals surface area (Å²) in [5, 5.41) is 10.5. The number of aromatic nitrogens is 4. The first-order valence-corrected chi connectivity index (χ1v) is 4.49. The molecule has 0 aliphatic carbocycles. The molecule has 0 radical (unpaired) electrons. The van der Waals surface area contributed by atoms with Crippen LogP contribution in [0.15, 0.2) is 21.4 Å². The Bertz CT molecular complexity index is 475. The third-order valence-corrected chi connectivity index (χ3v) is 2.07. The minimum atomic E-state index is -0.271. The van der Waals surface area contributed by atoms with Crippen molar-refractivity contribution >= 4 is 21.7 Å². The molecule has 0 N–H and O–H groups in total. The lowest BCUT2D eigenvalue weighted by molar-refractivity contribution is 0.102. The van der Waals surface area contributed by atoms with Gasteiger partial charge in [-0.3, -0.25) is 4.79 Å². The monoisotopic (exact) mass is 256 g/mol. The van der Waals surface area contributed by atoms with Crippen LogP contribution in [-0.4, -0.2) is 26.0 Å². The number of aryl methyl sites for hydroxylation is 1. The zero-order valence-electron chi connectivity index (χ0n) is 7.14. The number of hydrogen-bond acceptors (Lipinski definition) is 5. The van der Waals surface area contributed by atoms with Gasteiger partial charge >= 0.3 is 0 Å². The summed E-state index contributed by atoms with van der Waals surface area (Å²) in [7, 11) is 1.60. The Morgan fingerprint density at radius 1 is 1.64 bits per heavy atom. The van der Waals surface area contributed by atoms with E-state index in [1.165, 1.54) is 10.9 Å². The van der Waals surface area contributed by atoms with Gasteiger partial charge < -0.3 is 4.42 Å². The van der Waals surface area contributed by atoms with Crippen LogP contribution in [0.5, 0.6) is 0 Å². The summed E-state index contributed by atoms with van der Waals surface area (Å²) < 4.78 is 6.75. The highest BCUT2D eigenvalue weighted by atomic mass is 79.9. The maximum absolute atomic E-state index is 11.7. The Morgan fingerprint density at radius 2 is 2.43 bits per heavy atom. The molecule has 0 unspecified atom stereocenters. The lowest BCUT2D eigenvalue weighted by Gasteiger charge is -1.92. The molecule has 0 aromatic carbocycles. The minimum absolute atomic E-state index is 0.179. The molecule has 0 atom stereocenters. The van der Waals surface area contributed by atoms with E-state index in [-0.39, 0.29) is 11.6 Å². The van der Waals surface area contributed by atoms with E-state index in [4.69, 9.17) is 4.42 Å². The fraction of sp³-hybridized carbons (Fsp3) is 0.143. The number of carbonyl (C=O) groups is 1. The lowest BCUT2D eigenvalue weighted by atomic mass is 10.2. The van der Waals surface area contributed by atoms with Crippen molar-refractivity contribution in [2.45, 2.75) is 0 Å². The number of tetrazole rings is 1. The van der Waals surface area contributed by atoms with Crippen LogP contribution in [0.4, 0.5) is 0 Å². The summed E-state index contributed by atoms with van der Waals surface area (Å²) in [4.78, 5) is 11.7. The van der Waals surface area contributed by atoms with Gasteiger partial charge in [0.2, 0.25) is 11.6 Å². The van der Waals surface area contributed by atoms with Crippen LogP contribution < -0.4 is 0 Å². The Kier molecular flexibility index (Phi) is 2.16. The molecule has 2 aromatic rings. The van der Waals surface area contributed by atoms with Gasteiger partial charge in [0.15, 0.2) is 4.67 Å². The maximum Gasteiger partial charge on any atom is 0.235 e. The van der Waals surface area contributed by atoms with Gasteiger partial charge in [0, 0.05) is 13.1 Å². The van der Waals surface area contributed by atoms with Crippen LogP contribution in [-0.2, 0) is 7.05 Å². The van der Waals surface area contributed by atoms with Crippen LogP contribution in [0.1, 0.15) is 16.2 Å². The van der Waals surface area contributed by atoms with E-state index < -0.39 is 0 Å². The van der Waals surface area contributed by atoms with E-state index in [1.807, 2.05) is 0 Å². The molecular formula is C7H5BrN4O2. The fourth-order valence-electron chi connectivity index (χ4n) is 0.980. The van der Waals surface area contributed by atoms with Gasteiger partial charge in [0.1, 0.15) is 6.26 Å². The van der Waals surface area contributed by atoms with Crippen LogP contribution in [0.2, 0.25) is 0 Å². The molecule has 14 heavy (non-hydrogen) atoms. The molecule has 0 aliphatic rings. The molecule has 2 aromatic heterocycles. The second-order valence-electron chi connectivity index (χ2n) is 2.59. The van der Waals surface area contributed by atoms with E-state index >= 15 is 0 Å². The normalized spacial score (nSPS) is 10.4. The predicted molar refractivity (Wildman–Crippen MR) is 48.6 cm³/mol. The first kappa shape index (κ1) is 9.07. The topological polar surface area (TPSA) is 73.8 Å². The average molecular weight is 257 g/mol. The number of halogens is 1. The Hall–Kier alpha value is -1.50. The molecule has 72 valence electrons. The molecule has 0 fully saturated rings. The molecule has 0 bridgehead atoms. The molecule has 0 spiro atoms. The van der Waals surface area contributed by atoms with Crippen LogP contribution in [0.25, 0.3) is 0 Å². The van der Waals surface area contributed by atoms with Crippen LogP contribution in [0.3, 0.4) is 0 Å². The number of ketones is 1. The van der Waals surface area contributed by atoms with E-state index in [1.54, 1.807) is 13.1 Å². The molecule has 0 saturated carbocycles. The number of rotatable bonds is 2. The lowest BCUT2D eigenvalue weighted by Crippen LogP contribution is -2.08. The molecule has 0 aliphatic heterocycles. The Balaban J connectivity index is 2.38. The highest BCUT2D eigenvalue weighted by molar-refractivity contribution is 9.10. The summed E-state index contributed by atoms with van der Waals surface area (Å²) in [6, 6.07) is 1.57. The van der Waals surface area contributed by atoms with Crippen molar-refractivity contribution < 1.29 is 9.21 Å². The standard InChI is InChI=1S/C7H5BrN4O2/c1-12-7(9-10-11-12)6(13)4-2-5(8)14-3-4/h2-3H,1H3. The Morgan fingerprint density at radius 3 is 2.93 bits per heavy atom. The zero-order chi connectivity index (χ0) is 10.1. The van der Waals surface area contributed by atoms with Crippen molar-refractivity contribution in [3.8, 4) is 0 Å². The van der Waals surface area contributed by atoms with Gasteiger partial charge in [-0.2, -0.15) is 0 Å². The zero-order valence-corrected chi connectivity index (χ0v) is 8.72. The highest BCUT2D eigenvalue weighted by Gasteiger charge is 2.17. The molecule has 0 saturated heterocycles. The largest absolute Gasteiger partial charge is 0.457 e. The van der Waals surface area contributed by atoms with Gasteiger partial charge in [-0.15, -0.1) is 5.10 Å². The van der Waals surface area contributed by atoms with Gasteiger partial charge in [-0.25, -0.2) is 4.68 Å². The van der Waals surface area contributed by atoms with E-state index in [0.717, 1.165) is 0 Å². The quantitative estimate of drug-likeness (QED) is 0.744. The van der Waals surface area contributed by atoms with Crippen LogP contribution >= 0.6 is 15.9 Å². The number of furan rings is 1. The molecule has 6 nitrogen and oxygen atoms in total. The Labute approximate surface area is 87.0 Å².